The number of nitriles is 1. The summed E-state index contributed by atoms with van der Waals surface area (Å²) in [5.41, 5.74) is -0.0126. The number of amides is 1. The van der Waals surface area contributed by atoms with E-state index in [2.05, 4.69) is 10.3 Å². The predicted molar refractivity (Wildman–Crippen MR) is 151 cm³/mol. The van der Waals surface area contributed by atoms with E-state index in [-0.39, 0.29) is 28.5 Å². The number of aromatic nitrogens is 4. The second kappa shape index (κ2) is 10.8. The van der Waals surface area contributed by atoms with Gasteiger partial charge in [-0.25, -0.2) is 9.07 Å². The van der Waals surface area contributed by atoms with Crippen LogP contribution in [0.4, 0.5) is 10.1 Å². The molecule has 0 unspecified atom stereocenters. The van der Waals surface area contributed by atoms with Gasteiger partial charge in [0.1, 0.15) is 28.5 Å². The van der Waals surface area contributed by atoms with Gasteiger partial charge in [0.2, 0.25) is 5.88 Å². The Morgan fingerprint density at radius 3 is 2.44 bits per heavy atom. The minimum Gasteiger partial charge on any atom is -0.435 e. The van der Waals surface area contributed by atoms with Crippen molar-refractivity contribution in [3.05, 3.63) is 122 Å². The van der Waals surface area contributed by atoms with Crippen molar-refractivity contribution in [1.29, 1.82) is 5.26 Å². The van der Waals surface area contributed by atoms with Crippen molar-refractivity contribution in [2.24, 2.45) is 7.05 Å². The zero-order valence-corrected chi connectivity index (χ0v) is 22.3. The van der Waals surface area contributed by atoms with Crippen LogP contribution in [0.1, 0.15) is 16.8 Å². The number of carbonyl (C=O) groups is 1. The molecule has 0 atom stereocenters. The van der Waals surface area contributed by atoms with Crippen molar-refractivity contribution in [2.45, 2.75) is 13.8 Å². The highest BCUT2D eigenvalue weighted by atomic mass is 19.1. The van der Waals surface area contributed by atoms with Gasteiger partial charge in [0.15, 0.2) is 11.6 Å². The molecule has 5 rings (SSSR count). The van der Waals surface area contributed by atoms with Gasteiger partial charge in [-0.3, -0.25) is 23.5 Å². The Morgan fingerprint density at radius 1 is 1.02 bits per heavy atom. The summed E-state index contributed by atoms with van der Waals surface area (Å²) < 4.78 is 24.3. The van der Waals surface area contributed by atoms with Crippen LogP contribution in [0.3, 0.4) is 0 Å². The summed E-state index contributed by atoms with van der Waals surface area (Å²) in [5, 5.41) is 12.4. The predicted octanol–water partition coefficient (Wildman–Crippen LogP) is 4.28. The standard InChI is InChI=1S/C30H23FN6O4/c1-18-10-9-15-36-26(18)34-28(41-24-14-8-7-13-23(24)31)22(29(36)39)16-20(17-32)27(38)33-25-19(2)35(3)37(30(25)40)21-11-5-4-6-12-21/h4-16H,1-3H3,(H,33,38)/b20-16+. The monoisotopic (exact) mass is 550 g/mol. The lowest BCUT2D eigenvalue weighted by Gasteiger charge is -2.12. The van der Waals surface area contributed by atoms with Gasteiger partial charge in [-0.05, 0) is 55.8 Å². The third-order valence-electron chi connectivity index (χ3n) is 6.54. The number of benzene rings is 2. The van der Waals surface area contributed by atoms with E-state index in [1.165, 1.54) is 33.5 Å². The highest BCUT2D eigenvalue weighted by molar-refractivity contribution is 6.10. The number of halogens is 1. The highest BCUT2D eigenvalue weighted by Crippen LogP contribution is 2.27. The number of rotatable bonds is 6. The van der Waals surface area contributed by atoms with Crippen LogP contribution in [0.15, 0.2) is 88.1 Å². The van der Waals surface area contributed by atoms with Crippen LogP contribution in [0, 0.1) is 31.0 Å². The van der Waals surface area contributed by atoms with Crippen molar-refractivity contribution < 1.29 is 13.9 Å². The molecule has 204 valence electrons. The van der Waals surface area contributed by atoms with E-state index < -0.39 is 28.4 Å². The van der Waals surface area contributed by atoms with E-state index in [1.54, 1.807) is 74.1 Å². The SMILES string of the molecule is Cc1cccn2c(=O)c(/C=C(\C#N)C(=O)Nc3c(C)n(C)n(-c4ccccc4)c3=O)c(Oc3ccccc3F)nc12. The molecule has 0 fully saturated rings. The highest BCUT2D eigenvalue weighted by Gasteiger charge is 2.22. The molecule has 1 amide bonds. The Balaban J connectivity index is 1.61. The number of pyridine rings is 1. The molecule has 41 heavy (non-hydrogen) atoms. The van der Waals surface area contributed by atoms with Gasteiger partial charge in [-0.2, -0.15) is 10.2 Å². The first-order chi connectivity index (χ1) is 19.7. The van der Waals surface area contributed by atoms with Gasteiger partial charge in [0.25, 0.3) is 17.0 Å². The first kappa shape index (κ1) is 26.8. The number of ether oxygens (including phenoxy) is 1. The van der Waals surface area contributed by atoms with Crippen LogP contribution in [0.5, 0.6) is 11.6 Å². The van der Waals surface area contributed by atoms with Crippen molar-refractivity contribution in [3.8, 4) is 23.4 Å². The van der Waals surface area contributed by atoms with Crippen LogP contribution in [0.25, 0.3) is 17.4 Å². The zero-order valence-electron chi connectivity index (χ0n) is 22.3. The van der Waals surface area contributed by atoms with Crippen LogP contribution < -0.4 is 21.2 Å². The van der Waals surface area contributed by atoms with Gasteiger partial charge in [0.05, 0.1) is 11.4 Å². The van der Waals surface area contributed by atoms with Gasteiger partial charge in [-0.1, -0.05) is 36.4 Å². The molecule has 3 heterocycles. The van der Waals surface area contributed by atoms with Crippen LogP contribution >= 0.6 is 0 Å². The molecule has 10 nitrogen and oxygen atoms in total. The molecule has 0 saturated heterocycles. The van der Waals surface area contributed by atoms with Crippen LogP contribution in [-0.4, -0.2) is 24.7 Å². The zero-order chi connectivity index (χ0) is 29.3. The maximum absolute atomic E-state index is 14.4. The van der Waals surface area contributed by atoms with Gasteiger partial charge < -0.3 is 10.1 Å². The summed E-state index contributed by atoms with van der Waals surface area (Å²) in [6, 6.07) is 19.6. The fourth-order valence-corrected chi connectivity index (χ4v) is 4.31. The molecule has 0 aliphatic rings. The third-order valence-corrected chi connectivity index (χ3v) is 6.54. The number of nitrogens with zero attached hydrogens (tertiary/aromatic N) is 5. The lowest BCUT2D eigenvalue weighted by atomic mass is 10.1. The summed E-state index contributed by atoms with van der Waals surface area (Å²) in [7, 11) is 1.66. The molecule has 0 radical (unpaired) electrons. The van der Waals surface area contributed by atoms with Gasteiger partial charge in [0, 0.05) is 13.2 Å². The summed E-state index contributed by atoms with van der Waals surface area (Å²) in [6.07, 6.45) is 2.50. The summed E-state index contributed by atoms with van der Waals surface area (Å²) >= 11 is 0. The Bertz CT molecular complexity index is 2020. The molecule has 0 spiro atoms. The lowest BCUT2D eigenvalue weighted by Crippen LogP contribution is -2.24. The Morgan fingerprint density at radius 2 is 1.73 bits per heavy atom. The van der Waals surface area contributed by atoms with Gasteiger partial charge >= 0.3 is 0 Å². The molecule has 5 aromatic rings. The maximum Gasteiger partial charge on any atom is 0.295 e. The Kier molecular flexibility index (Phi) is 7.05. The number of carbonyl (C=O) groups excluding carboxylic acids is 1. The van der Waals surface area contributed by atoms with E-state index in [0.717, 1.165) is 6.08 Å². The largest absolute Gasteiger partial charge is 0.435 e. The van der Waals surface area contributed by atoms with E-state index >= 15 is 0 Å². The number of anilines is 1. The second-order valence-corrected chi connectivity index (χ2v) is 9.11. The molecule has 2 aromatic carbocycles. The smallest absolute Gasteiger partial charge is 0.295 e. The van der Waals surface area contributed by atoms with Crippen molar-refractivity contribution in [1.82, 2.24) is 18.7 Å². The molecular weight excluding hydrogens is 527 g/mol. The number of aryl methyl sites for hydroxylation is 1. The average Bonchev–Trinajstić information content (AvgIpc) is 3.18. The molecule has 0 bridgehead atoms. The summed E-state index contributed by atoms with van der Waals surface area (Å²) in [4.78, 5) is 44.5. The first-order valence-corrected chi connectivity index (χ1v) is 12.4. The maximum atomic E-state index is 14.4. The van der Waals surface area contributed by atoms with Gasteiger partial charge in [-0.15, -0.1) is 0 Å². The minimum atomic E-state index is -0.927. The average molecular weight is 551 g/mol. The third kappa shape index (κ3) is 4.90. The molecule has 11 heteroatoms. The van der Waals surface area contributed by atoms with E-state index in [1.807, 2.05) is 6.07 Å². The van der Waals surface area contributed by atoms with Crippen molar-refractivity contribution in [3.63, 3.8) is 0 Å². The fourth-order valence-electron chi connectivity index (χ4n) is 4.31. The summed E-state index contributed by atoms with van der Waals surface area (Å²) in [5.74, 6) is -2.11. The van der Waals surface area contributed by atoms with Crippen molar-refractivity contribution in [2.75, 3.05) is 5.32 Å². The van der Waals surface area contributed by atoms with Crippen LogP contribution in [0.2, 0.25) is 0 Å². The topological polar surface area (TPSA) is 123 Å². The molecule has 3 aromatic heterocycles. The van der Waals surface area contributed by atoms with Crippen LogP contribution in [-0.2, 0) is 11.8 Å². The van der Waals surface area contributed by atoms with Crippen molar-refractivity contribution >= 4 is 23.3 Å². The molecule has 0 aliphatic carbocycles. The summed E-state index contributed by atoms with van der Waals surface area (Å²) in [6.45, 7) is 3.39. The number of fused-ring (bicyclic) bond motifs is 1. The number of hydrogen-bond acceptors (Lipinski definition) is 6. The molecule has 0 saturated carbocycles. The minimum absolute atomic E-state index is 0.0330. The lowest BCUT2D eigenvalue weighted by molar-refractivity contribution is -0.112. The number of nitrogens with one attached hydrogen (secondary N) is 1. The Hall–Kier alpha value is -5.76. The molecule has 1 N–H and O–H groups in total. The van der Waals surface area contributed by atoms with E-state index in [0.29, 0.717) is 16.9 Å². The quantitative estimate of drug-likeness (QED) is 0.249. The second-order valence-electron chi connectivity index (χ2n) is 9.11. The first-order valence-electron chi connectivity index (χ1n) is 12.4. The fraction of sp³-hybridized carbons (Fsp3) is 0.100. The normalized spacial score (nSPS) is 11.3. The molecular formula is C30H23FN6O4. The Labute approximate surface area is 232 Å². The van der Waals surface area contributed by atoms with E-state index in [4.69, 9.17) is 4.74 Å². The van der Waals surface area contributed by atoms with E-state index in [9.17, 15) is 24.0 Å². The number of para-hydroxylation sites is 2. The molecule has 0 aliphatic heterocycles. The number of hydrogen-bond donors (Lipinski definition) is 1.